The number of carbonyl (C=O) groups is 1. The van der Waals surface area contributed by atoms with Crippen molar-refractivity contribution < 1.29 is 9.53 Å². The maximum absolute atomic E-state index is 12.1. The molecular formula is C17H24N6O2. The molecule has 2 aromatic heterocycles. The molecule has 3 heterocycles. The molecule has 2 atom stereocenters. The van der Waals surface area contributed by atoms with Gasteiger partial charge in [0.25, 0.3) is 0 Å². The second kappa shape index (κ2) is 6.70. The smallest absolute Gasteiger partial charge is 0.415 e. The van der Waals surface area contributed by atoms with Crippen molar-refractivity contribution in [3.63, 3.8) is 0 Å². The van der Waals surface area contributed by atoms with Gasteiger partial charge in [-0.15, -0.1) is 0 Å². The number of ether oxygens (including phenoxy) is 1. The minimum absolute atomic E-state index is 0.00428. The molecule has 0 radical (unpaired) electrons. The van der Waals surface area contributed by atoms with E-state index in [1.807, 2.05) is 27.1 Å². The van der Waals surface area contributed by atoms with E-state index in [0.717, 1.165) is 11.3 Å². The maximum Gasteiger partial charge on any atom is 0.415 e. The van der Waals surface area contributed by atoms with Crippen LogP contribution in [0.2, 0.25) is 0 Å². The Morgan fingerprint density at radius 3 is 2.76 bits per heavy atom. The molecule has 1 saturated heterocycles. The molecule has 0 bridgehead atoms. The largest absolute Gasteiger partial charge is 0.447 e. The molecule has 3 rings (SSSR count). The molecule has 1 aliphatic heterocycles. The van der Waals surface area contributed by atoms with Gasteiger partial charge in [-0.3, -0.25) is 9.58 Å². The van der Waals surface area contributed by atoms with Crippen LogP contribution in [0.4, 0.5) is 16.6 Å². The predicted molar refractivity (Wildman–Crippen MR) is 94.5 cm³/mol. The first kappa shape index (κ1) is 17.2. The molecule has 134 valence electrons. The summed E-state index contributed by atoms with van der Waals surface area (Å²) in [6, 6.07) is 1.70. The lowest BCUT2D eigenvalue weighted by Gasteiger charge is -2.23. The summed E-state index contributed by atoms with van der Waals surface area (Å²) in [5.74, 6) is 1.29. The highest BCUT2D eigenvalue weighted by atomic mass is 16.6. The summed E-state index contributed by atoms with van der Waals surface area (Å²) in [4.78, 5) is 22.5. The van der Waals surface area contributed by atoms with Gasteiger partial charge in [0.05, 0.1) is 17.8 Å². The molecule has 1 N–H and O–H groups in total. The van der Waals surface area contributed by atoms with E-state index < -0.39 is 0 Å². The Morgan fingerprint density at radius 2 is 2.12 bits per heavy atom. The fourth-order valence-electron chi connectivity index (χ4n) is 3.06. The lowest BCUT2D eigenvalue weighted by Crippen LogP contribution is -2.37. The van der Waals surface area contributed by atoms with Crippen molar-refractivity contribution in [2.24, 2.45) is 13.0 Å². The van der Waals surface area contributed by atoms with Crippen LogP contribution >= 0.6 is 0 Å². The van der Waals surface area contributed by atoms with Gasteiger partial charge in [-0.2, -0.15) is 10.1 Å². The Hall–Kier alpha value is -2.64. The average molecular weight is 344 g/mol. The number of aryl methyl sites for hydroxylation is 2. The van der Waals surface area contributed by atoms with Crippen molar-refractivity contribution in [1.82, 2.24) is 19.7 Å². The van der Waals surface area contributed by atoms with Crippen molar-refractivity contribution in [2.75, 3.05) is 16.8 Å². The van der Waals surface area contributed by atoms with Crippen molar-refractivity contribution in [3.8, 4) is 0 Å². The van der Waals surface area contributed by atoms with E-state index in [-0.39, 0.29) is 24.1 Å². The van der Waals surface area contributed by atoms with Gasteiger partial charge in [0.2, 0.25) is 5.95 Å². The highest BCUT2D eigenvalue weighted by Crippen LogP contribution is 2.27. The molecule has 2 aromatic rings. The summed E-state index contributed by atoms with van der Waals surface area (Å²) in [6.07, 6.45) is 3.26. The number of hydrogen-bond acceptors (Lipinski definition) is 6. The fraction of sp³-hybridized carbons (Fsp3) is 0.529. The first-order chi connectivity index (χ1) is 11.9. The number of nitrogens with one attached hydrogen (secondary N) is 1. The van der Waals surface area contributed by atoms with E-state index in [2.05, 4.69) is 34.2 Å². The summed E-state index contributed by atoms with van der Waals surface area (Å²) in [5.41, 5.74) is 2.04. The van der Waals surface area contributed by atoms with Gasteiger partial charge in [0.15, 0.2) is 0 Å². The summed E-state index contributed by atoms with van der Waals surface area (Å²) >= 11 is 0. The Morgan fingerprint density at radius 1 is 1.36 bits per heavy atom. The molecule has 8 heteroatoms. The highest BCUT2D eigenvalue weighted by molar-refractivity contribution is 5.89. The van der Waals surface area contributed by atoms with E-state index in [4.69, 9.17) is 4.74 Å². The Labute approximate surface area is 147 Å². The summed E-state index contributed by atoms with van der Waals surface area (Å²) in [5, 5.41) is 7.64. The summed E-state index contributed by atoms with van der Waals surface area (Å²) < 4.78 is 6.98. The van der Waals surface area contributed by atoms with Crippen molar-refractivity contribution in [1.29, 1.82) is 0 Å². The quantitative estimate of drug-likeness (QED) is 0.897. The topological polar surface area (TPSA) is 85.2 Å². The fourth-order valence-corrected chi connectivity index (χ4v) is 3.06. The molecule has 0 aliphatic carbocycles. The van der Waals surface area contributed by atoms with Gasteiger partial charge < -0.3 is 10.1 Å². The standard InChI is InChI=1S/C17H24N6O2/c1-10(2)14-9-25-17(24)23(14)15-6-7-18-16(20-15)19-11(3)13-8-22(5)21-12(13)4/h6-8,10-11,14H,9H2,1-5H3,(H,18,19,20). The van der Waals surface area contributed by atoms with Gasteiger partial charge >= 0.3 is 6.09 Å². The first-order valence-corrected chi connectivity index (χ1v) is 8.42. The van der Waals surface area contributed by atoms with Gasteiger partial charge in [-0.05, 0) is 25.8 Å². The van der Waals surface area contributed by atoms with Crippen LogP contribution in [0, 0.1) is 12.8 Å². The minimum Gasteiger partial charge on any atom is -0.447 e. The van der Waals surface area contributed by atoms with E-state index in [0.29, 0.717) is 18.4 Å². The number of aromatic nitrogens is 4. The third-order valence-electron chi connectivity index (χ3n) is 4.43. The van der Waals surface area contributed by atoms with Crippen molar-refractivity contribution in [2.45, 2.75) is 39.8 Å². The molecule has 1 amide bonds. The predicted octanol–water partition coefficient (Wildman–Crippen LogP) is 2.67. The molecule has 0 aromatic carbocycles. The van der Waals surface area contributed by atoms with Crippen LogP contribution < -0.4 is 10.2 Å². The number of hydrogen-bond donors (Lipinski definition) is 1. The van der Waals surface area contributed by atoms with Gasteiger partial charge in [-0.1, -0.05) is 13.8 Å². The molecule has 8 nitrogen and oxygen atoms in total. The molecule has 25 heavy (non-hydrogen) atoms. The second-order valence-corrected chi connectivity index (χ2v) is 6.71. The molecule has 0 saturated carbocycles. The Kier molecular flexibility index (Phi) is 4.61. The number of cyclic esters (lactones) is 1. The van der Waals surface area contributed by atoms with E-state index >= 15 is 0 Å². The van der Waals surface area contributed by atoms with E-state index in [1.165, 1.54) is 0 Å². The number of anilines is 2. The third kappa shape index (κ3) is 3.42. The van der Waals surface area contributed by atoms with Gasteiger partial charge in [0.1, 0.15) is 12.4 Å². The monoisotopic (exact) mass is 344 g/mol. The van der Waals surface area contributed by atoms with Crippen LogP contribution in [0.1, 0.15) is 38.1 Å². The number of rotatable bonds is 5. The zero-order valence-corrected chi connectivity index (χ0v) is 15.2. The van der Waals surface area contributed by atoms with Crippen LogP contribution in [-0.4, -0.2) is 38.5 Å². The van der Waals surface area contributed by atoms with Crippen molar-refractivity contribution >= 4 is 17.9 Å². The molecule has 1 aliphatic rings. The molecule has 1 fully saturated rings. The minimum atomic E-state index is -0.362. The lowest BCUT2D eigenvalue weighted by molar-refractivity contribution is 0.177. The number of amides is 1. The van der Waals surface area contributed by atoms with E-state index in [1.54, 1.807) is 21.8 Å². The molecule has 2 unspecified atom stereocenters. The zero-order valence-electron chi connectivity index (χ0n) is 15.2. The lowest BCUT2D eigenvalue weighted by atomic mass is 10.0. The summed E-state index contributed by atoms with van der Waals surface area (Å²) in [6.45, 7) is 8.51. The van der Waals surface area contributed by atoms with Crippen LogP contribution in [0.3, 0.4) is 0 Å². The van der Waals surface area contributed by atoms with Crippen LogP contribution in [0.5, 0.6) is 0 Å². The number of carbonyl (C=O) groups excluding carboxylic acids is 1. The SMILES string of the molecule is Cc1nn(C)cc1C(C)Nc1nccc(N2C(=O)OCC2C(C)C)n1. The van der Waals surface area contributed by atoms with Crippen LogP contribution in [0.15, 0.2) is 18.5 Å². The molecular weight excluding hydrogens is 320 g/mol. The van der Waals surface area contributed by atoms with Gasteiger partial charge in [-0.25, -0.2) is 9.78 Å². The Balaban J connectivity index is 1.82. The Bertz CT molecular complexity index is 772. The zero-order chi connectivity index (χ0) is 18.1. The first-order valence-electron chi connectivity index (χ1n) is 8.42. The van der Waals surface area contributed by atoms with Gasteiger partial charge in [0, 0.05) is 25.0 Å². The summed E-state index contributed by atoms with van der Waals surface area (Å²) in [7, 11) is 1.89. The third-order valence-corrected chi connectivity index (χ3v) is 4.43. The average Bonchev–Trinajstić information content (AvgIpc) is 3.09. The normalized spacial score (nSPS) is 18.6. The molecule has 0 spiro atoms. The number of nitrogens with zero attached hydrogens (tertiary/aromatic N) is 5. The van der Waals surface area contributed by atoms with Crippen LogP contribution in [0.25, 0.3) is 0 Å². The second-order valence-electron chi connectivity index (χ2n) is 6.71. The van der Waals surface area contributed by atoms with Crippen LogP contribution in [-0.2, 0) is 11.8 Å². The maximum atomic E-state index is 12.1. The van der Waals surface area contributed by atoms with Crippen molar-refractivity contribution in [3.05, 3.63) is 29.7 Å². The van der Waals surface area contributed by atoms with E-state index in [9.17, 15) is 4.79 Å². The highest BCUT2D eigenvalue weighted by Gasteiger charge is 2.37.